The number of carbonyl (C=O) groups is 2. The van der Waals surface area contributed by atoms with Crippen molar-refractivity contribution < 1.29 is 14.7 Å². The van der Waals surface area contributed by atoms with Crippen molar-refractivity contribution in [2.24, 2.45) is 23.2 Å². The van der Waals surface area contributed by atoms with E-state index in [9.17, 15) is 9.59 Å². The number of aliphatic carboxylic acids is 1. The average molecular weight is 241 g/mol. The van der Waals surface area contributed by atoms with Crippen molar-refractivity contribution in [1.29, 1.82) is 0 Å². The largest absolute Gasteiger partial charge is 0.481 e. The first-order valence-corrected chi connectivity index (χ1v) is 6.24. The van der Waals surface area contributed by atoms with Crippen LogP contribution < -0.4 is 5.32 Å². The lowest BCUT2D eigenvalue weighted by Crippen LogP contribution is -2.44. The number of rotatable bonds is 5. The highest BCUT2D eigenvalue weighted by atomic mass is 16.4. The minimum Gasteiger partial charge on any atom is -0.481 e. The minimum atomic E-state index is -1.05. The van der Waals surface area contributed by atoms with Gasteiger partial charge in [0, 0.05) is 6.54 Å². The van der Waals surface area contributed by atoms with Gasteiger partial charge in [-0.1, -0.05) is 27.7 Å². The molecule has 0 aromatic rings. The molecule has 4 heteroatoms. The molecule has 0 aromatic carbocycles. The fraction of sp³-hybridized carbons (Fsp3) is 0.846. The highest BCUT2D eigenvalue weighted by molar-refractivity contribution is 5.97. The van der Waals surface area contributed by atoms with Gasteiger partial charge >= 0.3 is 5.97 Å². The topological polar surface area (TPSA) is 66.4 Å². The van der Waals surface area contributed by atoms with E-state index in [1.807, 2.05) is 0 Å². The number of carboxylic acids is 1. The van der Waals surface area contributed by atoms with E-state index in [2.05, 4.69) is 12.2 Å². The zero-order valence-corrected chi connectivity index (χ0v) is 11.1. The van der Waals surface area contributed by atoms with E-state index in [4.69, 9.17) is 5.11 Å². The molecule has 0 aromatic heterocycles. The maximum atomic E-state index is 11.9. The van der Waals surface area contributed by atoms with Gasteiger partial charge in [0.2, 0.25) is 5.91 Å². The van der Waals surface area contributed by atoms with Gasteiger partial charge < -0.3 is 10.4 Å². The molecule has 1 saturated carbocycles. The zero-order chi connectivity index (χ0) is 13.2. The molecule has 0 saturated heterocycles. The predicted molar refractivity (Wildman–Crippen MR) is 65.5 cm³/mol. The number of hydrogen-bond donors (Lipinski definition) is 2. The fourth-order valence-corrected chi connectivity index (χ4v) is 2.07. The second-order valence-electron chi connectivity index (χ2n) is 6.20. The number of hydrogen-bond acceptors (Lipinski definition) is 2. The van der Waals surface area contributed by atoms with Crippen molar-refractivity contribution in [3.63, 3.8) is 0 Å². The standard InChI is InChI=1S/C13H23NO3/c1-8(9-5-6-9)7-14-11(15)10(12(16)17)13(2,3)4/h8-10H,5-7H2,1-4H3,(H,14,15)(H,16,17). The average Bonchev–Trinajstić information content (AvgIpc) is 2.93. The van der Waals surface area contributed by atoms with Gasteiger partial charge in [-0.3, -0.25) is 9.59 Å². The molecule has 0 radical (unpaired) electrons. The third-order valence-electron chi connectivity index (χ3n) is 3.40. The van der Waals surface area contributed by atoms with Crippen molar-refractivity contribution in [2.75, 3.05) is 6.54 Å². The van der Waals surface area contributed by atoms with E-state index in [0.717, 1.165) is 0 Å². The highest BCUT2D eigenvalue weighted by Gasteiger charge is 2.38. The molecule has 1 amide bonds. The van der Waals surface area contributed by atoms with E-state index in [-0.39, 0.29) is 5.91 Å². The van der Waals surface area contributed by atoms with Gasteiger partial charge in [0.1, 0.15) is 5.92 Å². The number of amides is 1. The maximum Gasteiger partial charge on any atom is 0.316 e. The van der Waals surface area contributed by atoms with Crippen LogP contribution in [0, 0.1) is 23.2 Å². The van der Waals surface area contributed by atoms with Gasteiger partial charge in [-0.25, -0.2) is 0 Å². The van der Waals surface area contributed by atoms with Gasteiger partial charge in [0.15, 0.2) is 0 Å². The van der Waals surface area contributed by atoms with E-state index >= 15 is 0 Å². The Balaban J connectivity index is 2.50. The summed E-state index contributed by atoms with van der Waals surface area (Å²) >= 11 is 0. The first kappa shape index (κ1) is 14.0. The molecule has 2 N–H and O–H groups in total. The second kappa shape index (κ2) is 5.07. The Labute approximate surface area is 103 Å². The van der Waals surface area contributed by atoms with Crippen molar-refractivity contribution in [3.05, 3.63) is 0 Å². The van der Waals surface area contributed by atoms with Gasteiger partial charge in [-0.2, -0.15) is 0 Å². The summed E-state index contributed by atoms with van der Waals surface area (Å²) in [5.74, 6) is -1.22. The summed E-state index contributed by atoms with van der Waals surface area (Å²) < 4.78 is 0. The summed E-state index contributed by atoms with van der Waals surface area (Å²) in [6.45, 7) is 8.01. The Morgan fingerprint density at radius 2 is 1.88 bits per heavy atom. The van der Waals surface area contributed by atoms with Crippen LogP contribution in [-0.2, 0) is 9.59 Å². The summed E-state index contributed by atoms with van der Waals surface area (Å²) in [7, 11) is 0. The smallest absolute Gasteiger partial charge is 0.316 e. The van der Waals surface area contributed by atoms with Crippen molar-refractivity contribution in [3.8, 4) is 0 Å². The van der Waals surface area contributed by atoms with Gasteiger partial charge in [0.25, 0.3) is 0 Å². The minimum absolute atomic E-state index is 0.363. The fourth-order valence-electron chi connectivity index (χ4n) is 2.07. The molecule has 17 heavy (non-hydrogen) atoms. The van der Waals surface area contributed by atoms with Gasteiger partial charge in [0.05, 0.1) is 0 Å². The molecular weight excluding hydrogens is 218 g/mol. The van der Waals surface area contributed by atoms with E-state index < -0.39 is 17.3 Å². The molecule has 0 bridgehead atoms. The van der Waals surface area contributed by atoms with Crippen LogP contribution in [0.3, 0.4) is 0 Å². The Kier molecular flexibility index (Phi) is 4.17. The maximum absolute atomic E-state index is 11.9. The lowest BCUT2D eigenvalue weighted by Gasteiger charge is -2.26. The first-order valence-electron chi connectivity index (χ1n) is 6.24. The molecule has 1 rings (SSSR count). The Morgan fingerprint density at radius 1 is 1.35 bits per heavy atom. The van der Waals surface area contributed by atoms with E-state index in [1.54, 1.807) is 20.8 Å². The van der Waals surface area contributed by atoms with Crippen LogP contribution >= 0.6 is 0 Å². The SMILES string of the molecule is CC(CNC(=O)C(C(=O)O)C(C)(C)C)C1CC1. The van der Waals surface area contributed by atoms with Gasteiger partial charge in [-0.05, 0) is 30.1 Å². The summed E-state index contributed by atoms with van der Waals surface area (Å²) in [4.78, 5) is 23.0. The molecule has 1 aliphatic carbocycles. The van der Waals surface area contributed by atoms with Crippen LogP contribution in [0.2, 0.25) is 0 Å². The van der Waals surface area contributed by atoms with Crippen molar-refractivity contribution in [1.82, 2.24) is 5.32 Å². The van der Waals surface area contributed by atoms with Crippen LogP contribution in [0.15, 0.2) is 0 Å². The molecular formula is C13H23NO3. The third-order valence-corrected chi connectivity index (χ3v) is 3.40. The normalized spacial score (nSPS) is 19.5. The van der Waals surface area contributed by atoms with Gasteiger partial charge in [-0.15, -0.1) is 0 Å². The molecule has 2 unspecified atom stereocenters. The van der Waals surface area contributed by atoms with E-state index in [1.165, 1.54) is 12.8 Å². The molecule has 1 aliphatic rings. The summed E-state index contributed by atoms with van der Waals surface area (Å²) in [6, 6.07) is 0. The lowest BCUT2D eigenvalue weighted by molar-refractivity contribution is -0.151. The predicted octanol–water partition coefficient (Wildman–Crippen LogP) is 1.90. The van der Waals surface area contributed by atoms with Crippen molar-refractivity contribution >= 4 is 11.9 Å². The second-order valence-corrected chi connectivity index (χ2v) is 6.20. The molecule has 4 nitrogen and oxygen atoms in total. The summed E-state index contributed by atoms with van der Waals surface area (Å²) in [5.41, 5.74) is -0.557. The zero-order valence-electron chi connectivity index (χ0n) is 11.1. The number of carboxylic acid groups (broad SMARTS) is 1. The van der Waals surface area contributed by atoms with Crippen LogP contribution in [0.25, 0.3) is 0 Å². The summed E-state index contributed by atoms with van der Waals surface area (Å²) in [6.07, 6.45) is 2.47. The van der Waals surface area contributed by atoms with Crippen LogP contribution in [0.1, 0.15) is 40.5 Å². The number of nitrogens with one attached hydrogen (secondary N) is 1. The quantitative estimate of drug-likeness (QED) is 0.722. The molecule has 0 spiro atoms. The molecule has 1 fully saturated rings. The lowest BCUT2D eigenvalue weighted by atomic mass is 9.80. The van der Waals surface area contributed by atoms with Crippen LogP contribution in [0.5, 0.6) is 0 Å². The van der Waals surface area contributed by atoms with Crippen molar-refractivity contribution in [2.45, 2.75) is 40.5 Å². The Bertz CT molecular complexity index is 302. The van der Waals surface area contributed by atoms with E-state index in [0.29, 0.717) is 18.4 Å². The third kappa shape index (κ3) is 4.02. The Morgan fingerprint density at radius 3 is 2.24 bits per heavy atom. The first-order chi connectivity index (χ1) is 7.73. The molecule has 0 aliphatic heterocycles. The molecule has 0 heterocycles. The Hall–Kier alpha value is -1.06. The van der Waals surface area contributed by atoms with Crippen LogP contribution in [0.4, 0.5) is 0 Å². The molecule has 2 atom stereocenters. The van der Waals surface area contributed by atoms with Crippen LogP contribution in [-0.4, -0.2) is 23.5 Å². The monoisotopic (exact) mass is 241 g/mol. The number of carbonyl (C=O) groups excluding carboxylic acids is 1. The summed E-state index contributed by atoms with van der Waals surface area (Å²) in [5, 5.41) is 11.9. The molecule has 98 valence electrons. The highest BCUT2D eigenvalue weighted by Crippen LogP contribution is 2.36.